The van der Waals surface area contributed by atoms with Gasteiger partial charge in [-0.05, 0) is 55.1 Å². The summed E-state index contributed by atoms with van der Waals surface area (Å²) >= 11 is 7.66. The van der Waals surface area contributed by atoms with Crippen LogP contribution in [0.25, 0.3) is 0 Å². The summed E-state index contributed by atoms with van der Waals surface area (Å²) in [4.78, 5) is 19.4. The van der Waals surface area contributed by atoms with Crippen LogP contribution in [0, 0.1) is 11.3 Å². The standard InChI is InChI=1S/C9H14O2.2C4H8O2S/c10-5-8-3-7-1-2-9(8,4-7)6-11;2*5-4(6)2-1-3-7/h3,7,10-11H,1-2,4-6H2;2*7H,1-3H2,(H,5,6). The summed E-state index contributed by atoms with van der Waals surface area (Å²) in [7, 11) is 0. The fourth-order valence-corrected chi connectivity index (χ4v) is 3.31. The second-order valence-electron chi connectivity index (χ2n) is 6.23. The SMILES string of the molecule is O=C(O)CCCS.O=C(O)CCCS.OCC1=CC2CCC1(CO)C2. The van der Waals surface area contributed by atoms with Crippen molar-refractivity contribution in [3.8, 4) is 0 Å². The zero-order chi connectivity index (χ0) is 19.3. The molecule has 0 aromatic rings. The number of rotatable bonds is 8. The van der Waals surface area contributed by atoms with Gasteiger partial charge in [0.2, 0.25) is 0 Å². The van der Waals surface area contributed by atoms with Gasteiger partial charge in [-0.15, -0.1) is 0 Å². The van der Waals surface area contributed by atoms with Crippen molar-refractivity contribution in [2.24, 2.45) is 11.3 Å². The van der Waals surface area contributed by atoms with Crippen LogP contribution in [0.5, 0.6) is 0 Å². The Balaban J connectivity index is 0.000000366. The van der Waals surface area contributed by atoms with Crippen molar-refractivity contribution in [2.45, 2.75) is 44.9 Å². The summed E-state index contributed by atoms with van der Waals surface area (Å²) in [6.45, 7) is 0.354. The predicted octanol–water partition coefficient (Wildman–Crippen LogP) is 2.26. The molecule has 0 amide bonds. The van der Waals surface area contributed by atoms with E-state index in [-0.39, 0.29) is 31.5 Å². The number of aliphatic hydroxyl groups is 2. The lowest BCUT2D eigenvalue weighted by Gasteiger charge is -2.26. The fourth-order valence-electron chi connectivity index (χ4n) is 2.99. The Hall–Kier alpha value is -0.700. The molecule has 0 radical (unpaired) electrons. The smallest absolute Gasteiger partial charge is 0.303 e. The van der Waals surface area contributed by atoms with Crippen LogP contribution in [0.15, 0.2) is 11.6 Å². The van der Waals surface area contributed by atoms with Crippen LogP contribution in [-0.4, -0.2) is 57.1 Å². The van der Waals surface area contributed by atoms with E-state index in [1.165, 1.54) is 6.42 Å². The summed E-state index contributed by atoms with van der Waals surface area (Å²) in [5, 5.41) is 34.2. The molecule has 1 fully saturated rings. The van der Waals surface area contributed by atoms with Crippen LogP contribution in [0.2, 0.25) is 0 Å². The maximum absolute atomic E-state index is 9.72. The lowest BCUT2D eigenvalue weighted by Crippen LogP contribution is -2.24. The number of thiol groups is 2. The third-order valence-corrected chi connectivity index (χ3v) is 4.97. The van der Waals surface area contributed by atoms with E-state index in [4.69, 9.17) is 15.3 Å². The van der Waals surface area contributed by atoms with E-state index in [0.29, 0.717) is 30.3 Å². The minimum atomic E-state index is -0.742. The van der Waals surface area contributed by atoms with Gasteiger partial charge >= 0.3 is 11.9 Å². The molecule has 1 saturated carbocycles. The number of hydrogen-bond donors (Lipinski definition) is 6. The fraction of sp³-hybridized carbons (Fsp3) is 0.765. The van der Waals surface area contributed by atoms with Crippen molar-refractivity contribution in [1.29, 1.82) is 0 Å². The summed E-state index contributed by atoms with van der Waals surface area (Å²) in [5.41, 5.74) is 1.07. The minimum Gasteiger partial charge on any atom is -0.481 e. The van der Waals surface area contributed by atoms with E-state index in [9.17, 15) is 14.7 Å². The van der Waals surface area contributed by atoms with E-state index in [1.54, 1.807) is 0 Å². The van der Waals surface area contributed by atoms with Gasteiger partial charge in [-0.3, -0.25) is 9.59 Å². The molecule has 2 unspecified atom stereocenters. The lowest BCUT2D eigenvalue weighted by atomic mass is 9.81. The molecule has 2 aliphatic rings. The summed E-state index contributed by atoms with van der Waals surface area (Å²) in [5.74, 6) is 0.478. The van der Waals surface area contributed by atoms with Crippen LogP contribution in [0.3, 0.4) is 0 Å². The quantitative estimate of drug-likeness (QED) is 0.278. The third kappa shape index (κ3) is 9.53. The molecule has 2 rings (SSSR count). The van der Waals surface area contributed by atoms with Gasteiger partial charge in [0.1, 0.15) is 0 Å². The van der Waals surface area contributed by atoms with Gasteiger partial charge in [0, 0.05) is 18.3 Å². The first-order valence-corrected chi connectivity index (χ1v) is 9.70. The molecule has 25 heavy (non-hydrogen) atoms. The van der Waals surface area contributed by atoms with Gasteiger partial charge in [-0.25, -0.2) is 0 Å². The van der Waals surface area contributed by atoms with Gasteiger partial charge in [-0.2, -0.15) is 25.3 Å². The average Bonchev–Trinajstić information content (AvgIpc) is 3.17. The number of carboxylic acid groups (broad SMARTS) is 2. The van der Waals surface area contributed by atoms with Gasteiger partial charge in [0.25, 0.3) is 0 Å². The summed E-state index contributed by atoms with van der Waals surface area (Å²) in [6, 6.07) is 0. The number of aliphatic carboxylic acids is 2. The van der Waals surface area contributed by atoms with E-state index >= 15 is 0 Å². The molecule has 8 heteroatoms. The van der Waals surface area contributed by atoms with E-state index in [2.05, 4.69) is 31.3 Å². The molecule has 2 aliphatic carbocycles. The van der Waals surface area contributed by atoms with E-state index in [0.717, 1.165) is 18.4 Å². The second-order valence-corrected chi connectivity index (χ2v) is 7.13. The van der Waals surface area contributed by atoms with Gasteiger partial charge < -0.3 is 20.4 Å². The number of carboxylic acids is 2. The average molecular weight is 395 g/mol. The Kier molecular flexibility index (Phi) is 13.1. The highest BCUT2D eigenvalue weighted by Crippen LogP contribution is 2.53. The number of aliphatic hydroxyl groups excluding tert-OH is 2. The first-order valence-electron chi connectivity index (χ1n) is 8.43. The molecule has 0 heterocycles. The highest BCUT2D eigenvalue weighted by atomic mass is 32.1. The molecular formula is C17H30O6S2. The van der Waals surface area contributed by atoms with Crippen LogP contribution >= 0.6 is 25.3 Å². The molecule has 4 N–H and O–H groups in total. The second kappa shape index (κ2) is 13.5. The lowest BCUT2D eigenvalue weighted by molar-refractivity contribution is -0.138. The minimum absolute atomic E-state index is 0.0145. The van der Waals surface area contributed by atoms with E-state index in [1.807, 2.05) is 0 Å². The van der Waals surface area contributed by atoms with Crippen molar-refractivity contribution >= 4 is 37.2 Å². The molecule has 2 bridgehead atoms. The van der Waals surface area contributed by atoms with Crippen LogP contribution in [0.1, 0.15) is 44.9 Å². The number of carbonyl (C=O) groups is 2. The van der Waals surface area contributed by atoms with Crippen molar-refractivity contribution in [1.82, 2.24) is 0 Å². The topological polar surface area (TPSA) is 115 Å². The Morgan fingerprint density at radius 1 is 1.08 bits per heavy atom. The summed E-state index contributed by atoms with van der Waals surface area (Å²) in [6.07, 6.45) is 7.30. The molecular weight excluding hydrogens is 364 g/mol. The molecule has 0 spiro atoms. The largest absolute Gasteiger partial charge is 0.481 e. The van der Waals surface area contributed by atoms with Crippen LogP contribution in [-0.2, 0) is 9.59 Å². The Labute approximate surface area is 160 Å². The number of fused-ring (bicyclic) bond motifs is 2. The van der Waals surface area contributed by atoms with Crippen LogP contribution in [0.4, 0.5) is 0 Å². The third-order valence-electron chi connectivity index (χ3n) is 4.34. The molecule has 0 aliphatic heterocycles. The Morgan fingerprint density at radius 3 is 1.84 bits per heavy atom. The van der Waals surface area contributed by atoms with Crippen molar-refractivity contribution < 1.29 is 30.0 Å². The Bertz CT molecular complexity index is 423. The zero-order valence-electron chi connectivity index (χ0n) is 14.4. The molecule has 146 valence electrons. The molecule has 6 nitrogen and oxygen atoms in total. The van der Waals surface area contributed by atoms with Crippen LogP contribution < -0.4 is 0 Å². The maximum Gasteiger partial charge on any atom is 0.303 e. The van der Waals surface area contributed by atoms with Crippen molar-refractivity contribution in [3.63, 3.8) is 0 Å². The van der Waals surface area contributed by atoms with Crippen molar-refractivity contribution in [3.05, 3.63) is 11.6 Å². The normalized spacial score (nSPS) is 23.0. The first kappa shape index (κ1) is 24.3. The number of hydrogen-bond acceptors (Lipinski definition) is 6. The monoisotopic (exact) mass is 394 g/mol. The summed E-state index contributed by atoms with van der Waals surface area (Å²) < 4.78 is 0. The maximum atomic E-state index is 9.72. The highest BCUT2D eigenvalue weighted by molar-refractivity contribution is 7.80. The molecule has 0 aromatic heterocycles. The molecule has 2 atom stereocenters. The van der Waals surface area contributed by atoms with Gasteiger partial charge in [-0.1, -0.05) is 6.08 Å². The highest BCUT2D eigenvalue weighted by Gasteiger charge is 2.45. The Morgan fingerprint density at radius 2 is 1.60 bits per heavy atom. The van der Waals surface area contributed by atoms with Crippen molar-refractivity contribution in [2.75, 3.05) is 24.7 Å². The first-order chi connectivity index (χ1) is 11.8. The predicted molar refractivity (Wildman–Crippen MR) is 103 cm³/mol. The molecule has 0 saturated heterocycles. The van der Waals surface area contributed by atoms with E-state index < -0.39 is 11.9 Å². The van der Waals surface area contributed by atoms with Gasteiger partial charge in [0.15, 0.2) is 0 Å². The van der Waals surface area contributed by atoms with Gasteiger partial charge in [0.05, 0.1) is 13.2 Å². The zero-order valence-corrected chi connectivity index (χ0v) is 16.2. The number of allylic oxidation sites excluding steroid dienone is 1. The molecule has 0 aromatic carbocycles.